The zero-order valence-corrected chi connectivity index (χ0v) is 11.4. The molecule has 2 heterocycles. The lowest BCUT2D eigenvalue weighted by atomic mass is 10.1. The van der Waals surface area contributed by atoms with Crippen molar-refractivity contribution in [3.63, 3.8) is 0 Å². The van der Waals surface area contributed by atoms with E-state index in [1.165, 1.54) is 31.0 Å². The van der Waals surface area contributed by atoms with E-state index in [4.69, 9.17) is 0 Å². The molecule has 0 radical (unpaired) electrons. The van der Waals surface area contributed by atoms with Gasteiger partial charge < -0.3 is 10.2 Å². The maximum atomic E-state index is 11.2. The first-order valence-electron chi connectivity index (χ1n) is 6.20. The Kier molecular flexibility index (Phi) is 4.81. The molecule has 98 valence electrons. The van der Waals surface area contributed by atoms with Crippen molar-refractivity contribution in [3.8, 4) is 0 Å². The summed E-state index contributed by atoms with van der Waals surface area (Å²) in [6, 6.07) is 1.97. The molecule has 1 amide bonds. The molecular formula is C12H18N4OS. The van der Waals surface area contributed by atoms with Crippen LogP contribution in [-0.4, -0.2) is 41.8 Å². The molecule has 1 N–H and O–H groups in total. The first kappa shape index (κ1) is 13.1. The average molecular weight is 266 g/mol. The van der Waals surface area contributed by atoms with Gasteiger partial charge in [-0.05, 0) is 19.3 Å². The largest absolute Gasteiger partial charge is 0.358 e. The molecule has 1 fully saturated rings. The van der Waals surface area contributed by atoms with Gasteiger partial charge in [0.25, 0.3) is 0 Å². The highest BCUT2D eigenvalue weighted by molar-refractivity contribution is 7.99. The predicted octanol–water partition coefficient (Wildman–Crippen LogP) is 1.30. The first-order chi connectivity index (χ1) is 8.79. The number of amides is 1. The summed E-state index contributed by atoms with van der Waals surface area (Å²) in [6.45, 7) is 2.13. The Labute approximate surface area is 111 Å². The predicted molar refractivity (Wildman–Crippen MR) is 72.9 cm³/mol. The minimum absolute atomic E-state index is 0.0122. The van der Waals surface area contributed by atoms with E-state index < -0.39 is 0 Å². The number of nitrogens with one attached hydrogen (secondary N) is 1. The van der Waals surface area contributed by atoms with Gasteiger partial charge in [-0.3, -0.25) is 4.79 Å². The van der Waals surface area contributed by atoms with Crippen LogP contribution in [0.5, 0.6) is 0 Å². The number of carbonyl (C=O) groups excluding carboxylic acids is 1. The monoisotopic (exact) mass is 266 g/mol. The van der Waals surface area contributed by atoms with Crippen molar-refractivity contribution < 1.29 is 4.79 Å². The standard InChI is InChI=1S/C12H18N4OS/c1-13-11(17)8-18-12-7-10(14-9-15-12)16-5-3-2-4-6-16/h7,9H,2-6,8H2,1H3,(H,13,17). The molecule has 18 heavy (non-hydrogen) atoms. The molecule has 0 spiro atoms. The Bertz CT molecular complexity index is 407. The summed E-state index contributed by atoms with van der Waals surface area (Å²) in [5, 5.41) is 3.46. The van der Waals surface area contributed by atoms with Crippen LogP contribution >= 0.6 is 11.8 Å². The van der Waals surface area contributed by atoms with Crippen LogP contribution in [-0.2, 0) is 4.79 Å². The molecule has 6 heteroatoms. The Morgan fingerprint density at radius 1 is 1.39 bits per heavy atom. The average Bonchev–Trinajstić information content (AvgIpc) is 2.46. The number of rotatable bonds is 4. The fraction of sp³-hybridized carbons (Fsp3) is 0.583. The third kappa shape index (κ3) is 3.60. The lowest BCUT2D eigenvalue weighted by molar-refractivity contribution is -0.118. The maximum absolute atomic E-state index is 11.2. The van der Waals surface area contributed by atoms with Gasteiger partial charge in [-0.1, -0.05) is 11.8 Å². The minimum Gasteiger partial charge on any atom is -0.358 e. The zero-order valence-electron chi connectivity index (χ0n) is 10.6. The fourth-order valence-corrected chi connectivity index (χ4v) is 2.65. The van der Waals surface area contributed by atoms with E-state index in [1.807, 2.05) is 6.07 Å². The smallest absolute Gasteiger partial charge is 0.230 e. The highest BCUT2D eigenvalue weighted by atomic mass is 32.2. The van der Waals surface area contributed by atoms with Crippen LogP contribution in [0, 0.1) is 0 Å². The number of hydrogen-bond acceptors (Lipinski definition) is 5. The van der Waals surface area contributed by atoms with Crippen molar-refractivity contribution in [2.24, 2.45) is 0 Å². The number of hydrogen-bond donors (Lipinski definition) is 1. The highest BCUT2D eigenvalue weighted by Crippen LogP contribution is 2.22. The van der Waals surface area contributed by atoms with Crippen molar-refractivity contribution in [1.82, 2.24) is 15.3 Å². The molecule has 5 nitrogen and oxygen atoms in total. The SMILES string of the molecule is CNC(=O)CSc1cc(N2CCCCC2)ncn1. The molecule has 0 aliphatic carbocycles. The molecule has 1 saturated heterocycles. The summed E-state index contributed by atoms with van der Waals surface area (Å²) in [4.78, 5) is 22.0. The van der Waals surface area contributed by atoms with Crippen molar-refractivity contribution in [1.29, 1.82) is 0 Å². The Morgan fingerprint density at radius 3 is 2.89 bits per heavy atom. The molecule has 1 aliphatic rings. The van der Waals surface area contributed by atoms with E-state index in [9.17, 15) is 4.79 Å². The highest BCUT2D eigenvalue weighted by Gasteiger charge is 2.13. The Balaban J connectivity index is 1.98. The maximum Gasteiger partial charge on any atom is 0.230 e. The number of carbonyl (C=O) groups is 1. The number of thioether (sulfide) groups is 1. The number of aromatic nitrogens is 2. The number of anilines is 1. The van der Waals surface area contributed by atoms with E-state index in [-0.39, 0.29) is 5.91 Å². The van der Waals surface area contributed by atoms with Crippen LogP contribution in [0.3, 0.4) is 0 Å². The van der Waals surface area contributed by atoms with Crippen LogP contribution in [0.4, 0.5) is 5.82 Å². The first-order valence-corrected chi connectivity index (χ1v) is 7.18. The van der Waals surface area contributed by atoms with Gasteiger partial charge in [0, 0.05) is 26.2 Å². The Morgan fingerprint density at radius 2 is 2.17 bits per heavy atom. The van der Waals surface area contributed by atoms with Crippen LogP contribution in [0.15, 0.2) is 17.4 Å². The van der Waals surface area contributed by atoms with Crippen molar-refractivity contribution in [2.75, 3.05) is 30.8 Å². The zero-order chi connectivity index (χ0) is 12.8. The summed E-state index contributed by atoms with van der Waals surface area (Å²) in [5.74, 6) is 1.38. The molecule has 1 aromatic rings. The molecular weight excluding hydrogens is 248 g/mol. The van der Waals surface area contributed by atoms with Crippen molar-refractivity contribution >= 4 is 23.5 Å². The second-order valence-corrected chi connectivity index (χ2v) is 5.22. The molecule has 0 unspecified atom stereocenters. The summed E-state index contributed by atoms with van der Waals surface area (Å²) in [6.07, 6.45) is 5.34. The number of nitrogens with zero attached hydrogens (tertiary/aromatic N) is 3. The molecule has 1 aromatic heterocycles. The van der Waals surface area contributed by atoms with E-state index in [2.05, 4.69) is 20.2 Å². The van der Waals surface area contributed by atoms with Gasteiger partial charge in [0.1, 0.15) is 17.2 Å². The van der Waals surface area contributed by atoms with E-state index in [0.717, 1.165) is 23.9 Å². The van der Waals surface area contributed by atoms with Crippen LogP contribution in [0.1, 0.15) is 19.3 Å². The van der Waals surface area contributed by atoms with Gasteiger partial charge in [-0.2, -0.15) is 0 Å². The second kappa shape index (κ2) is 6.58. The van der Waals surface area contributed by atoms with Gasteiger partial charge in [-0.15, -0.1) is 0 Å². The summed E-state index contributed by atoms with van der Waals surface area (Å²) >= 11 is 1.44. The molecule has 0 bridgehead atoms. The van der Waals surface area contributed by atoms with Gasteiger partial charge in [0.15, 0.2) is 0 Å². The van der Waals surface area contributed by atoms with Crippen molar-refractivity contribution in [2.45, 2.75) is 24.3 Å². The molecule has 1 aliphatic heterocycles. The van der Waals surface area contributed by atoms with E-state index in [0.29, 0.717) is 5.75 Å². The van der Waals surface area contributed by atoms with Crippen molar-refractivity contribution in [3.05, 3.63) is 12.4 Å². The summed E-state index contributed by atoms with van der Waals surface area (Å²) in [5.41, 5.74) is 0. The molecule has 0 aromatic carbocycles. The Hall–Kier alpha value is -1.30. The minimum atomic E-state index is 0.0122. The third-order valence-corrected chi connectivity index (χ3v) is 3.86. The van der Waals surface area contributed by atoms with Crippen LogP contribution in [0.25, 0.3) is 0 Å². The lowest BCUT2D eigenvalue weighted by Gasteiger charge is -2.27. The molecule has 0 atom stereocenters. The summed E-state index contributed by atoms with van der Waals surface area (Å²) < 4.78 is 0. The second-order valence-electron chi connectivity index (χ2n) is 4.22. The van der Waals surface area contributed by atoms with Gasteiger partial charge in [0.05, 0.1) is 5.75 Å². The van der Waals surface area contributed by atoms with Crippen LogP contribution in [0.2, 0.25) is 0 Å². The molecule has 0 saturated carbocycles. The van der Waals surface area contributed by atoms with Gasteiger partial charge in [-0.25, -0.2) is 9.97 Å². The van der Waals surface area contributed by atoms with E-state index in [1.54, 1.807) is 13.4 Å². The quantitative estimate of drug-likeness (QED) is 0.657. The third-order valence-electron chi connectivity index (χ3n) is 2.94. The summed E-state index contributed by atoms with van der Waals surface area (Å²) in [7, 11) is 1.64. The lowest BCUT2D eigenvalue weighted by Crippen LogP contribution is -2.30. The number of piperidine rings is 1. The fourth-order valence-electron chi connectivity index (χ4n) is 1.92. The topological polar surface area (TPSA) is 58.1 Å². The normalized spacial score (nSPS) is 15.5. The van der Waals surface area contributed by atoms with E-state index >= 15 is 0 Å². The van der Waals surface area contributed by atoms with Gasteiger partial charge >= 0.3 is 0 Å². The van der Waals surface area contributed by atoms with Crippen LogP contribution < -0.4 is 10.2 Å². The van der Waals surface area contributed by atoms with Gasteiger partial charge in [0.2, 0.25) is 5.91 Å². The molecule has 2 rings (SSSR count).